The highest BCUT2D eigenvalue weighted by molar-refractivity contribution is 5.92. The summed E-state index contributed by atoms with van der Waals surface area (Å²) in [6, 6.07) is 17.1. The number of piperazine rings is 1. The van der Waals surface area contributed by atoms with E-state index < -0.39 is 18.2 Å². The van der Waals surface area contributed by atoms with E-state index >= 15 is 0 Å². The van der Waals surface area contributed by atoms with Gasteiger partial charge in [-0.2, -0.15) is 14.0 Å². The standard InChI is InChI=1S/C29H29F2N7O2/c1-18(21-5-4-6-22(13-21)40-27(30)31)35-28(39)38-12-11-37(16-29(38,2)3)26-23-14-24(36-25(23)33-17-34-26)20-9-7-19(15-32)8-10-20/h4-10,13-14,17-18,27H,11-12,16H2,1-3H3,(H,35,39)(H,33,34,36)/t18-/m0/s1. The maximum Gasteiger partial charge on any atom is 0.387 e. The van der Waals surface area contributed by atoms with Crippen LogP contribution in [0.15, 0.2) is 60.9 Å². The Morgan fingerprint density at radius 1 is 1.15 bits per heavy atom. The van der Waals surface area contributed by atoms with E-state index in [0.717, 1.165) is 22.5 Å². The lowest BCUT2D eigenvalue weighted by molar-refractivity contribution is -0.0499. The van der Waals surface area contributed by atoms with Crippen LogP contribution < -0.4 is 15.0 Å². The molecular formula is C29H29F2N7O2. The minimum atomic E-state index is -2.91. The zero-order chi connectivity index (χ0) is 28.4. The van der Waals surface area contributed by atoms with Crippen LogP contribution in [0.1, 0.15) is 37.9 Å². The number of aromatic amines is 1. The van der Waals surface area contributed by atoms with Crippen molar-refractivity contribution in [3.05, 3.63) is 72.1 Å². The summed E-state index contributed by atoms with van der Waals surface area (Å²) in [6.45, 7) is 4.44. The molecule has 2 aromatic heterocycles. The Bertz CT molecular complexity index is 1560. The third kappa shape index (κ3) is 5.52. The van der Waals surface area contributed by atoms with E-state index in [0.29, 0.717) is 36.4 Å². The number of benzene rings is 2. The number of amides is 2. The second-order valence-corrected chi connectivity index (χ2v) is 10.3. The summed E-state index contributed by atoms with van der Waals surface area (Å²) in [6.07, 6.45) is 1.52. The van der Waals surface area contributed by atoms with Gasteiger partial charge < -0.3 is 24.8 Å². The normalized spacial score (nSPS) is 15.6. The second-order valence-electron chi connectivity index (χ2n) is 10.3. The number of rotatable bonds is 6. The average molecular weight is 546 g/mol. The predicted molar refractivity (Wildman–Crippen MR) is 147 cm³/mol. The Morgan fingerprint density at radius 3 is 2.62 bits per heavy atom. The zero-order valence-corrected chi connectivity index (χ0v) is 22.4. The van der Waals surface area contributed by atoms with E-state index in [1.807, 2.05) is 32.0 Å². The van der Waals surface area contributed by atoms with Gasteiger partial charge in [-0.15, -0.1) is 0 Å². The first kappa shape index (κ1) is 26.9. The monoisotopic (exact) mass is 545 g/mol. The van der Waals surface area contributed by atoms with Crippen molar-refractivity contribution >= 4 is 22.9 Å². The zero-order valence-electron chi connectivity index (χ0n) is 22.4. The molecule has 1 aliphatic rings. The van der Waals surface area contributed by atoms with Gasteiger partial charge in [0.2, 0.25) is 0 Å². The minimum Gasteiger partial charge on any atom is -0.435 e. The summed E-state index contributed by atoms with van der Waals surface area (Å²) in [5.74, 6) is 0.823. The maximum atomic E-state index is 13.3. The number of urea groups is 1. The first-order valence-electron chi connectivity index (χ1n) is 12.9. The number of ether oxygens (including phenoxy) is 1. The van der Waals surface area contributed by atoms with E-state index in [4.69, 9.17) is 5.26 Å². The molecule has 1 fully saturated rings. The first-order chi connectivity index (χ1) is 19.1. The number of alkyl halides is 2. The van der Waals surface area contributed by atoms with Crippen molar-refractivity contribution in [2.75, 3.05) is 24.5 Å². The SMILES string of the molecule is C[C@H](NC(=O)N1CCN(c2ncnc3[nH]c(-c4ccc(C#N)cc4)cc23)CC1(C)C)c1cccc(OC(F)F)c1. The molecular weight excluding hydrogens is 516 g/mol. The molecule has 3 heterocycles. The van der Waals surface area contributed by atoms with Gasteiger partial charge in [0.25, 0.3) is 0 Å². The second kappa shape index (κ2) is 10.8. The van der Waals surface area contributed by atoms with Crippen LogP contribution in [0.3, 0.4) is 0 Å². The molecule has 5 rings (SSSR count). The van der Waals surface area contributed by atoms with E-state index in [2.05, 4.69) is 36.0 Å². The van der Waals surface area contributed by atoms with Crippen molar-refractivity contribution in [1.29, 1.82) is 5.26 Å². The Labute approximate surface area is 230 Å². The highest BCUT2D eigenvalue weighted by atomic mass is 19.3. The third-order valence-corrected chi connectivity index (χ3v) is 7.10. The lowest BCUT2D eigenvalue weighted by Gasteiger charge is -2.47. The molecule has 0 bridgehead atoms. The van der Waals surface area contributed by atoms with Crippen LogP contribution in [0.2, 0.25) is 0 Å². The summed E-state index contributed by atoms with van der Waals surface area (Å²) < 4.78 is 29.7. The van der Waals surface area contributed by atoms with Crippen LogP contribution in [0.4, 0.5) is 19.4 Å². The topological polar surface area (TPSA) is 110 Å². The molecule has 1 aliphatic heterocycles. The van der Waals surface area contributed by atoms with Crippen molar-refractivity contribution in [3.8, 4) is 23.1 Å². The number of hydrogen-bond donors (Lipinski definition) is 2. The van der Waals surface area contributed by atoms with Gasteiger partial charge in [0.1, 0.15) is 23.5 Å². The number of H-pyrrole nitrogens is 1. The molecule has 206 valence electrons. The third-order valence-electron chi connectivity index (χ3n) is 7.10. The molecule has 2 amide bonds. The van der Waals surface area contributed by atoms with E-state index in [1.165, 1.54) is 18.5 Å². The van der Waals surface area contributed by atoms with Gasteiger partial charge in [0.15, 0.2) is 0 Å². The Kier molecular flexibility index (Phi) is 7.26. The van der Waals surface area contributed by atoms with Crippen LogP contribution in [0.5, 0.6) is 5.75 Å². The van der Waals surface area contributed by atoms with E-state index in [-0.39, 0.29) is 11.8 Å². The largest absolute Gasteiger partial charge is 0.435 e. The molecule has 1 saturated heterocycles. The highest BCUT2D eigenvalue weighted by Gasteiger charge is 2.38. The van der Waals surface area contributed by atoms with Crippen LogP contribution >= 0.6 is 0 Å². The van der Waals surface area contributed by atoms with Gasteiger partial charge in [-0.25, -0.2) is 14.8 Å². The number of nitrogens with one attached hydrogen (secondary N) is 2. The molecule has 0 saturated carbocycles. The number of fused-ring (bicyclic) bond motifs is 1. The number of carbonyl (C=O) groups excluding carboxylic acids is 1. The molecule has 0 spiro atoms. The number of aromatic nitrogens is 3. The number of halogens is 2. The predicted octanol–water partition coefficient (Wildman–Crippen LogP) is 5.47. The molecule has 2 N–H and O–H groups in total. The highest BCUT2D eigenvalue weighted by Crippen LogP contribution is 2.32. The fourth-order valence-corrected chi connectivity index (χ4v) is 5.08. The van der Waals surface area contributed by atoms with Gasteiger partial charge in [0, 0.05) is 25.3 Å². The molecule has 40 heavy (non-hydrogen) atoms. The van der Waals surface area contributed by atoms with Gasteiger partial charge in [-0.05, 0) is 62.2 Å². The van der Waals surface area contributed by atoms with Crippen LogP contribution in [-0.2, 0) is 0 Å². The Hall–Kier alpha value is -4.72. The van der Waals surface area contributed by atoms with Crippen LogP contribution in [-0.4, -0.2) is 57.7 Å². The molecule has 0 unspecified atom stereocenters. The molecule has 0 aliphatic carbocycles. The lowest BCUT2D eigenvalue weighted by atomic mass is 9.98. The minimum absolute atomic E-state index is 0.0470. The average Bonchev–Trinajstić information content (AvgIpc) is 3.37. The van der Waals surface area contributed by atoms with Gasteiger partial charge in [-0.3, -0.25) is 0 Å². The summed E-state index contributed by atoms with van der Waals surface area (Å²) in [5, 5.41) is 12.9. The van der Waals surface area contributed by atoms with Crippen molar-refractivity contribution < 1.29 is 18.3 Å². The molecule has 1 atom stereocenters. The molecule has 9 nitrogen and oxygen atoms in total. The van der Waals surface area contributed by atoms with Gasteiger partial charge in [-0.1, -0.05) is 24.3 Å². The quantitative estimate of drug-likeness (QED) is 0.333. The molecule has 11 heteroatoms. The van der Waals surface area contributed by atoms with Crippen molar-refractivity contribution in [2.45, 2.75) is 39.0 Å². The Balaban J connectivity index is 1.30. The number of anilines is 1. The number of nitriles is 1. The maximum absolute atomic E-state index is 13.3. The van der Waals surface area contributed by atoms with Crippen LogP contribution in [0, 0.1) is 11.3 Å². The first-order valence-corrected chi connectivity index (χ1v) is 12.9. The summed E-state index contributed by atoms with van der Waals surface area (Å²) in [5.41, 5.74) is 3.23. The molecule has 4 aromatic rings. The number of hydrogen-bond acceptors (Lipinski definition) is 6. The summed E-state index contributed by atoms with van der Waals surface area (Å²) >= 11 is 0. The van der Waals surface area contributed by atoms with Crippen molar-refractivity contribution in [3.63, 3.8) is 0 Å². The van der Waals surface area contributed by atoms with Crippen LogP contribution in [0.25, 0.3) is 22.3 Å². The smallest absolute Gasteiger partial charge is 0.387 e. The van der Waals surface area contributed by atoms with E-state index in [9.17, 15) is 13.6 Å². The van der Waals surface area contributed by atoms with Crippen molar-refractivity contribution in [1.82, 2.24) is 25.2 Å². The number of carbonyl (C=O) groups is 1. The van der Waals surface area contributed by atoms with E-state index in [1.54, 1.807) is 36.1 Å². The van der Waals surface area contributed by atoms with Crippen molar-refractivity contribution in [2.24, 2.45) is 0 Å². The lowest BCUT2D eigenvalue weighted by Crippen LogP contribution is -2.63. The molecule has 0 radical (unpaired) electrons. The summed E-state index contributed by atoms with van der Waals surface area (Å²) in [7, 11) is 0. The molecule has 2 aromatic carbocycles. The summed E-state index contributed by atoms with van der Waals surface area (Å²) in [4.78, 5) is 29.6. The number of nitrogens with zero attached hydrogens (tertiary/aromatic N) is 5. The van der Waals surface area contributed by atoms with Gasteiger partial charge in [0.05, 0.1) is 28.6 Å². The van der Waals surface area contributed by atoms with Gasteiger partial charge >= 0.3 is 12.6 Å². The fraction of sp³-hybridized carbons (Fsp3) is 0.310. The Morgan fingerprint density at radius 2 is 1.93 bits per heavy atom. The fourth-order valence-electron chi connectivity index (χ4n) is 5.08.